The summed E-state index contributed by atoms with van der Waals surface area (Å²) >= 11 is 11.9. The standard InChI is InChI=1S/C11H15Cl2NO/c1-14(2)11(3-4-15)8-5-9(12)7-10(13)6-8/h5-7,11,15H,3-4H2,1-2H3. The third-order valence-corrected chi connectivity index (χ3v) is 2.73. The maximum absolute atomic E-state index is 8.99. The van der Waals surface area contributed by atoms with Crippen LogP contribution >= 0.6 is 23.2 Å². The maximum Gasteiger partial charge on any atom is 0.0449 e. The maximum atomic E-state index is 8.99. The van der Waals surface area contributed by atoms with Gasteiger partial charge in [-0.1, -0.05) is 23.2 Å². The van der Waals surface area contributed by atoms with Gasteiger partial charge in [0.2, 0.25) is 0 Å². The van der Waals surface area contributed by atoms with Gasteiger partial charge >= 0.3 is 0 Å². The highest BCUT2D eigenvalue weighted by Crippen LogP contribution is 2.27. The van der Waals surface area contributed by atoms with Gasteiger partial charge in [-0.25, -0.2) is 0 Å². The summed E-state index contributed by atoms with van der Waals surface area (Å²) in [5.74, 6) is 0. The zero-order chi connectivity index (χ0) is 11.4. The molecule has 4 heteroatoms. The summed E-state index contributed by atoms with van der Waals surface area (Å²) in [6.07, 6.45) is 0.670. The van der Waals surface area contributed by atoms with Gasteiger partial charge in [0.15, 0.2) is 0 Å². The van der Waals surface area contributed by atoms with Crippen molar-refractivity contribution in [2.75, 3.05) is 20.7 Å². The molecule has 0 bridgehead atoms. The fourth-order valence-electron chi connectivity index (χ4n) is 1.61. The van der Waals surface area contributed by atoms with Crippen LogP contribution < -0.4 is 0 Å². The fourth-order valence-corrected chi connectivity index (χ4v) is 2.16. The molecule has 2 nitrogen and oxygen atoms in total. The van der Waals surface area contributed by atoms with Gasteiger partial charge in [0.05, 0.1) is 0 Å². The van der Waals surface area contributed by atoms with E-state index in [2.05, 4.69) is 0 Å². The molecule has 0 amide bonds. The van der Waals surface area contributed by atoms with Crippen molar-refractivity contribution in [3.05, 3.63) is 33.8 Å². The molecule has 15 heavy (non-hydrogen) atoms. The lowest BCUT2D eigenvalue weighted by Gasteiger charge is -2.24. The molecule has 0 aliphatic heterocycles. The Hall–Kier alpha value is -0.280. The third-order valence-electron chi connectivity index (χ3n) is 2.30. The molecule has 1 rings (SSSR count). The van der Waals surface area contributed by atoms with E-state index in [-0.39, 0.29) is 12.6 Å². The van der Waals surface area contributed by atoms with Crippen molar-refractivity contribution in [1.29, 1.82) is 0 Å². The highest BCUT2D eigenvalue weighted by atomic mass is 35.5. The second kappa shape index (κ2) is 5.71. The van der Waals surface area contributed by atoms with Crippen LogP contribution in [0.1, 0.15) is 18.0 Å². The first-order valence-electron chi connectivity index (χ1n) is 4.78. The second-order valence-electron chi connectivity index (χ2n) is 3.69. The number of benzene rings is 1. The number of aliphatic hydroxyl groups excluding tert-OH is 1. The Bertz CT molecular complexity index is 308. The van der Waals surface area contributed by atoms with E-state index in [1.165, 1.54) is 0 Å². The number of halogens is 2. The molecular formula is C11H15Cl2NO. The molecule has 84 valence electrons. The molecule has 0 spiro atoms. The Morgan fingerprint density at radius 2 is 1.73 bits per heavy atom. The number of hydrogen-bond donors (Lipinski definition) is 1. The van der Waals surface area contributed by atoms with Gasteiger partial charge in [-0.05, 0) is 44.3 Å². The molecule has 0 saturated heterocycles. The average molecular weight is 248 g/mol. The smallest absolute Gasteiger partial charge is 0.0449 e. The quantitative estimate of drug-likeness (QED) is 0.885. The van der Waals surface area contributed by atoms with Crippen molar-refractivity contribution >= 4 is 23.2 Å². The molecule has 0 fully saturated rings. The predicted molar refractivity (Wildman–Crippen MR) is 64.6 cm³/mol. The van der Waals surface area contributed by atoms with Gasteiger partial charge in [0, 0.05) is 22.7 Å². The van der Waals surface area contributed by atoms with Crippen molar-refractivity contribution in [3.8, 4) is 0 Å². The Labute approximate surface area is 100 Å². The molecule has 0 aliphatic rings. The van der Waals surface area contributed by atoms with Gasteiger partial charge in [-0.2, -0.15) is 0 Å². The first kappa shape index (κ1) is 12.8. The summed E-state index contributed by atoms with van der Waals surface area (Å²) in [4.78, 5) is 2.04. The van der Waals surface area contributed by atoms with Gasteiger partial charge in [-0.3, -0.25) is 0 Å². The number of nitrogens with zero attached hydrogens (tertiary/aromatic N) is 1. The summed E-state index contributed by atoms with van der Waals surface area (Å²) < 4.78 is 0. The molecule has 0 heterocycles. The highest BCUT2D eigenvalue weighted by Gasteiger charge is 2.14. The first-order valence-corrected chi connectivity index (χ1v) is 5.53. The lowest BCUT2D eigenvalue weighted by atomic mass is 10.0. The van der Waals surface area contributed by atoms with E-state index in [1.807, 2.05) is 31.1 Å². The lowest BCUT2D eigenvalue weighted by Crippen LogP contribution is -2.21. The minimum atomic E-state index is 0.145. The van der Waals surface area contributed by atoms with Crippen LogP contribution in [-0.4, -0.2) is 30.7 Å². The van der Waals surface area contributed by atoms with E-state index in [0.29, 0.717) is 16.5 Å². The SMILES string of the molecule is CN(C)C(CCO)c1cc(Cl)cc(Cl)c1. The van der Waals surface area contributed by atoms with E-state index in [0.717, 1.165) is 5.56 Å². The summed E-state index contributed by atoms with van der Waals surface area (Å²) in [6, 6.07) is 5.62. The molecule has 1 N–H and O–H groups in total. The van der Waals surface area contributed by atoms with Gasteiger partial charge < -0.3 is 10.0 Å². The summed E-state index contributed by atoms with van der Waals surface area (Å²) in [5, 5.41) is 10.2. The minimum Gasteiger partial charge on any atom is -0.396 e. The average Bonchev–Trinajstić information content (AvgIpc) is 2.11. The Kier molecular flexibility index (Phi) is 4.87. The van der Waals surface area contributed by atoms with Gasteiger partial charge in [-0.15, -0.1) is 0 Å². The molecular weight excluding hydrogens is 233 g/mol. The van der Waals surface area contributed by atoms with E-state index in [4.69, 9.17) is 28.3 Å². The van der Waals surface area contributed by atoms with Crippen LogP contribution in [0.2, 0.25) is 10.0 Å². The van der Waals surface area contributed by atoms with Crippen molar-refractivity contribution in [2.24, 2.45) is 0 Å². The van der Waals surface area contributed by atoms with Crippen molar-refractivity contribution < 1.29 is 5.11 Å². The lowest BCUT2D eigenvalue weighted by molar-refractivity contribution is 0.211. The number of hydrogen-bond acceptors (Lipinski definition) is 2. The topological polar surface area (TPSA) is 23.5 Å². The van der Waals surface area contributed by atoms with Crippen LogP contribution in [-0.2, 0) is 0 Å². The second-order valence-corrected chi connectivity index (χ2v) is 4.57. The van der Waals surface area contributed by atoms with E-state index < -0.39 is 0 Å². The molecule has 0 radical (unpaired) electrons. The Balaban J connectivity index is 2.99. The fraction of sp³-hybridized carbons (Fsp3) is 0.455. The zero-order valence-corrected chi connectivity index (χ0v) is 10.4. The first-order chi connectivity index (χ1) is 7.04. The van der Waals surface area contributed by atoms with Crippen molar-refractivity contribution in [2.45, 2.75) is 12.5 Å². The van der Waals surface area contributed by atoms with E-state index in [1.54, 1.807) is 6.07 Å². The van der Waals surface area contributed by atoms with E-state index in [9.17, 15) is 0 Å². The monoisotopic (exact) mass is 247 g/mol. The van der Waals surface area contributed by atoms with Crippen LogP contribution in [0.5, 0.6) is 0 Å². The van der Waals surface area contributed by atoms with Crippen molar-refractivity contribution in [1.82, 2.24) is 4.90 Å². The van der Waals surface area contributed by atoms with Gasteiger partial charge in [0.25, 0.3) is 0 Å². The summed E-state index contributed by atoms with van der Waals surface area (Å²) in [5.41, 5.74) is 1.03. The van der Waals surface area contributed by atoms with Crippen LogP contribution in [0.4, 0.5) is 0 Å². The van der Waals surface area contributed by atoms with Crippen LogP contribution in [0.3, 0.4) is 0 Å². The van der Waals surface area contributed by atoms with Gasteiger partial charge in [0.1, 0.15) is 0 Å². The molecule has 1 unspecified atom stereocenters. The molecule has 0 saturated carbocycles. The minimum absolute atomic E-state index is 0.145. The third kappa shape index (κ3) is 3.65. The molecule has 0 aromatic heterocycles. The normalized spacial score (nSPS) is 13.2. The summed E-state index contributed by atoms with van der Waals surface area (Å²) in [7, 11) is 3.93. The predicted octanol–water partition coefficient (Wildman–Crippen LogP) is 2.98. The molecule has 1 aromatic carbocycles. The Morgan fingerprint density at radius 1 is 1.20 bits per heavy atom. The van der Waals surface area contributed by atoms with Crippen LogP contribution in [0.15, 0.2) is 18.2 Å². The number of aliphatic hydroxyl groups is 1. The Morgan fingerprint density at radius 3 is 2.13 bits per heavy atom. The molecule has 0 aliphatic carbocycles. The summed E-state index contributed by atoms with van der Waals surface area (Å²) in [6.45, 7) is 0.146. The molecule has 1 atom stereocenters. The highest BCUT2D eigenvalue weighted by molar-refractivity contribution is 6.34. The molecule has 1 aromatic rings. The van der Waals surface area contributed by atoms with E-state index >= 15 is 0 Å². The van der Waals surface area contributed by atoms with Crippen LogP contribution in [0.25, 0.3) is 0 Å². The largest absolute Gasteiger partial charge is 0.396 e. The van der Waals surface area contributed by atoms with Crippen molar-refractivity contribution in [3.63, 3.8) is 0 Å². The zero-order valence-electron chi connectivity index (χ0n) is 8.87. The number of rotatable bonds is 4. The van der Waals surface area contributed by atoms with Crippen LogP contribution in [0, 0.1) is 0 Å².